The molecule has 1 aromatic rings. The van der Waals surface area contributed by atoms with Crippen molar-refractivity contribution in [1.29, 1.82) is 0 Å². The molecule has 74 valence electrons. The molecule has 4 heteroatoms. The van der Waals surface area contributed by atoms with Crippen LogP contribution in [0, 0.1) is 5.92 Å². The molecule has 3 nitrogen and oxygen atoms in total. The van der Waals surface area contributed by atoms with E-state index in [9.17, 15) is 4.79 Å². The quantitative estimate of drug-likeness (QED) is 0.742. The van der Waals surface area contributed by atoms with Crippen molar-refractivity contribution in [3.8, 4) is 0 Å². The highest BCUT2D eigenvalue weighted by atomic mass is 35.5. The number of carboxylic acids is 1. The highest BCUT2D eigenvalue weighted by Crippen LogP contribution is 2.35. The van der Waals surface area contributed by atoms with Crippen LogP contribution in [0.1, 0.15) is 17.2 Å². The number of carbonyl (C=O) groups is 1. The van der Waals surface area contributed by atoms with Crippen LogP contribution in [0.25, 0.3) is 0 Å². The van der Waals surface area contributed by atoms with Gasteiger partial charge < -0.3 is 10.8 Å². The zero-order chi connectivity index (χ0) is 10.3. The maximum Gasteiger partial charge on any atom is 0.308 e. The summed E-state index contributed by atoms with van der Waals surface area (Å²) in [5.41, 5.74) is 7.68. The minimum absolute atomic E-state index is 0.403. The lowest BCUT2D eigenvalue weighted by atomic mass is 10.0. The van der Waals surface area contributed by atoms with Crippen LogP contribution < -0.4 is 5.73 Å². The summed E-state index contributed by atoms with van der Waals surface area (Å²) in [7, 11) is 0. The first kappa shape index (κ1) is 9.49. The fourth-order valence-corrected chi connectivity index (χ4v) is 2.09. The van der Waals surface area contributed by atoms with Crippen LogP contribution >= 0.6 is 11.6 Å². The van der Waals surface area contributed by atoms with Gasteiger partial charge >= 0.3 is 5.97 Å². The molecular weight excluding hydrogens is 202 g/mol. The monoisotopic (exact) mass is 211 g/mol. The van der Waals surface area contributed by atoms with Crippen LogP contribution in [-0.4, -0.2) is 11.1 Å². The number of hydrogen-bond donors (Lipinski definition) is 2. The fraction of sp³-hybridized carbons (Fsp3) is 0.300. The van der Waals surface area contributed by atoms with Gasteiger partial charge in [-0.3, -0.25) is 4.79 Å². The number of fused-ring (bicyclic) bond motifs is 1. The largest absolute Gasteiger partial charge is 0.481 e. The summed E-state index contributed by atoms with van der Waals surface area (Å²) < 4.78 is 0. The SMILES string of the molecule is NC1c2ccc(Cl)cc2CC1C(=O)O. The zero-order valence-corrected chi connectivity index (χ0v) is 8.16. The summed E-state index contributed by atoms with van der Waals surface area (Å²) in [6.45, 7) is 0. The predicted molar refractivity (Wildman–Crippen MR) is 53.2 cm³/mol. The van der Waals surface area contributed by atoms with Crippen LogP contribution in [0.15, 0.2) is 18.2 Å². The van der Waals surface area contributed by atoms with Crippen LogP contribution in [-0.2, 0) is 11.2 Å². The van der Waals surface area contributed by atoms with E-state index in [2.05, 4.69) is 0 Å². The number of nitrogens with two attached hydrogens (primary N) is 1. The first-order chi connectivity index (χ1) is 6.59. The molecule has 1 aliphatic rings. The van der Waals surface area contributed by atoms with Gasteiger partial charge in [-0.25, -0.2) is 0 Å². The number of hydrogen-bond acceptors (Lipinski definition) is 2. The second kappa shape index (κ2) is 3.26. The third kappa shape index (κ3) is 1.38. The second-order valence-corrected chi connectivity index (χ2v) is 3.95. The normalized spacial score (nSPS) is 24.7. The number of benzene rings is 1. The van der Waals surface area contributed by atoms with E-state index < -0.39 is 17.9 Å². The van der Waals surface area contributed by atoms with Gasteiger partial charge in [0.15, 0.2) is 0 Å². The van der Waals surface area contributed by atoms with Crippen LogP contribution in [0.4, 0.5) is 0 Å². The topological polar surface area (TPSA) is 63.3 Å². The summed E-state index contributed by atoms with van der Waals surface area (Å²) >= 11 is 5.81. The molecular formula is C10H10ClNO2. The number of rotatable bonds is 1. The highest BCUT2D eigenvalue weighted by Gasteiger charge is 2.34. The van der Waals surface area contributed by atoms with Gasteiger partial charge in [-0.05, 0) is 29.7 Å². The van der Waals surface area contributed by atoms with Crippen molar-refractivity contribution in [2.24, 2.45) is 11.7 Å². The van der Waals surface area contributed by atoms with Gasteiger partial charge in [-0.1, -0.05) is 17.7 Å². The molecule has 2 atom stereocenters. The van der Waals surface area contributed by atoms with E-state index in [-0.39, 0.29) is 0 Å². The maximum atomic E-state index is 10.9. The van der Waals surface area contributed by atoms with Crippen molar-refractivity contribution in [2.45, 2.75) is 12.5 Å². The van der Waals surface area contributed by atoms with E-state index in [1.807, 2.05) is 6.07 Å². The van der Waals surface area contributed by atoms with Crippen LogP contribution in [0.5, 0.6) is 0 Å². The second-order valence-electron chi connectivity index (χ2n) is 3.52. The molecule has 1 aliphatic carbocycles. The third-order valence-corrected chi connectivity index (χ3v) is 2.89. The van der Waals surface area contributed by atoms with Gasteiger partial charge in [0.2, 0.25) is 0 Å². The van der Waals surface area contributed by atoms with E-state index in [1.54, 1.807) is 12.1 Å². The fourth-order valence-electron chi connectivity index (χ4n) is 1.90. The maximum absolute atomic E-state index is 10.9. The Bertz CT molecular complexity index is 392. The van der Waals surface area contributed by atoms with E-state index in [1.165, 1.54) is 0 Å². The molecule has 0 fully saturated rings. The van der Waals surface area contributed by atoms with Gasteiger partial charge in [-0.15, -0.1) is 0 Å². The average molecular weight is 212 g/mol. The predicted octanol–water partition coefficient (Wildman–Crippen LogP) is 1.60. The molecule has 0 aromatic heterocycles. The minimum Gasteiger partial charge on any atom is -0.481 e. The molecule has 0 saturated heterocycles. The molecule has 1 aromatic carbocycles. The van der Waals surface area contributed by atoms with Gasteiger partial charge in [0.05, 0.1) is 5.92 Å². The van der Waals surface area contributed by atoms with Crippen molar-refractivity contribution < 1.29 is 9.90 Å². The Hall–Kier alpha value is -1.06. The first-order valence-corrected chi connectivity index (χ1v) is 4.74. The Morgan fingerprint density at radius 1 is 1.57 bits per heavy atom. The Morgan fingerprint density at radius 3 is 2.93 bits per heavy atom. The Labute approximate surface area is 86.5 Å². The highest BCUT2D eigenvalue weighted by molar-refractivity contribution is 6.30. The Morgan fingerprint density at radius 2 is 2.29 bits per heavy atom. The lowest BCUT2D eigenvalue weighted by Crippen LogP contribution is -2.24. The van der Waals surface area contributed by atoms with E-state index >= 15 is 0 Å². The summed E-state index contributed by atoms with van der Waals surface area (Å²) in [6, 6.07) is 4.94. The summed E-state index contributed by atoms with van der Waals surface area (Å²) in [4.78, 5) is 10.9. The van der Waals surface area contributed by atoms with E-state index in [0.29, 0.717) is 11.4 Å². The molecule has 0 bridgehead atoms. The van der Waals surface area contributed by atoms with Gasteiger partial charge in [-0.2, -0.15) is 0 Å². The third-order valence-electron chi connectivity index (χ3n) is 2.65. The van der Waals surface area contributed by atoms with E-state index in [0.717, 1.165) is 11.1 Å². The Kier molecular flexibility index (Phi) is 2.21. The summed E-state index contributed by atoms with van der Waals surface area (Å²) in [6.07, 6.45) is 0.479. The van der Waals surface area contributed by atoms with Crippen molar-refractivity contribution in [1.82, 2.24) is 0 Å². The standard InChI is InChI=1S/C10H10ClNO2/c11-6-1-2-7-5(3-6)4-8(9(7)12)10(13)14/h1-3,8-9H,4,12H2,(H,13,14). The van der Waals surface area contributed by atoms with Crippen LogP contribution in [0.2, 0.25) is 5.02 Å². The van der Waals surface area contributed by atoms with Crippen molar-refractivity contribution in [3.05, 3.63) is 34.3 Å². The molecule has 3 N–H and O–H groups in total. The molecule has 0 amide bonds. The molecule has 0 spiro atoms. The van der Waals surface area contributed by atoms with Crippen molar-refractivity contribution >= 4 is 17.6 Å². The summed E-state index contributed by atoms with van der Waals surface area (Å²) in [5, 5.41) is 9.54. The Balaban J connectivity index is 2.40. The van der Waals surface area contributed by atoms with Crippen LogP contribution in [0.3, 0.4) is 0 Å². The number of halogens is 1. The molecule has 0 heterocycles. The zero-order valence-electron chi connectivity index (χ0n) is 7.40. The van der Waals surface area contributed by atoms with Gasteiger partial charge in [0, 0.05) is 11.1 Å². The smallest absolute Gasteiger partial charge is 0.308 e. The number of aliphatic carboxylic acids is 1. The first-order valence-electron chi connectivity index (χ1n) is 4.36. The molecule has 0 aliphatic heterocycles. The van der Waals surface area contributed by atoms with Crippen molar-refractivity contribution in [3.63, 3.8) is 0 Å². The summed E-state index contributed by atoms with van der Waals surface area (Å²) in [5.74, 6) is -1.35. The lowest BCUT2D eigenvalue weighted by molar-refractivity contribution is -0.142. The van der Waals surface area contributed by atoms with E-state index in [4.69, 9.17) is 22.4 Å². The molecule has 2 rings (SSSR count). The number of carboxylic acid groups (broad SMARTS) is 1. The lowest BCUT2D eigenvalue weighted by Gasteiger charge is -2.10. The van der Waals surface area contributed by atoms with Gasteiger partial charge in [0.25, 0.3) is 0 Å². The molecule has 14 heavy (non-hydrogen) atoms. The molecule has 0 saturated carbocycles. The average Bonchev–Trinajstić information content (AvgIpc) is 2.43. The van der Waals surface area contributed by atoms with Gasteiger partial charge in [0.1, 0.15) is 0 Å². The minimum atomic E-state index is -0.843. The van der Waals surface area contributed by atoms with Crippen molar-refractivity contribution in [2.75, 3.05) is 0 Å². The molecule has 0 radical (unpaired) electrons. The molecule has 2 unspecified atom stereocenters.